The molecule has 4 rings (SSSR count). The predicted molar refractivity (Wildman–Crippen MR) is 122 cm³/mol. The Kier molecular flexibility index (Phi) is 6.43. The van der Waals surface area contributed by atoms with Gasteiger partial charge in [-0.3, -0.25) is 9.59 Å². The Bertz CT molecular complexity index is 1040. The number of fused-ring (bicyclic) bond motifs is 1. The first-order valence-electron chi connectivity index (χ1n) is 10.4. The SMILES string of the molecule is CNC(=O)c1ccc(NC(=O)c2oc3ccccc3c2CSC2CCCCC2)cc1. The molecule has 1 aliphatic carbocycles. The fourth-order valence-corrected chi connectivity index (χ4v) is 5.25. The molecule has 1 saturated carbocycles. The van der Waals surface area contributed by atoms with Crippen LogP contribution in [0, 0.1) is 0 Å². The molecule has 3 aromatic rings. The molecule has 6 heteroatoms. The third-order valence-corrected chi connectivity index (χ3v) is 6.95. The first-order valence-corrected chi connectivity index (χ1v) is 11.5. The zero-order valence-corrected chi connectivity index (χ0v) is 17.9. The van der Waals surface area contributed by atoms with Crippen molar-refractivity contribution in [1.82, 2.24) is 5.32 Å². The van der Waals surface area contributed by atoms with Crippen LogP contribution in [0.15, 0.2) is 52.9 Å². The number of hydrogen-bond acceptors (Lipinski definition) is 4. The molecular weight excluding hydrogens is 396 g/mol. The molecule has 30 heavy (non-hydrogen) atoms. The summed E-state index contributed by atoms with van der Waals surface area (Å²) < 4.78 is 5.96. The number of anilines is 1. The molecule has 2 amide bonds. The Morgan fingerprint density at radius 1 is 1.00 bits per heavy atom. The van der Waals surface area contributed by atoms with Gasteiger partial charge in [0.15, 0.2) is 5.76 Å². The van der Waals surface area contributed by atoms with Crippen molar-refractivity contribution in [2.24, 2.45) is 0 Å². The van der Waals surface area contributed by atoms with Crippen LogP contribution in [0.1, 0.15) is 58.6 Å². The van der Waals surface area contributed by atoms with E-state index in [0.717, 1.165) is 22.3 Å². The lowest BCUT2D eigenvalue weighted by atomic mass is 10.0. The standard InChI is InChI=1S/C24H26N2O3S/c1-25-23(27)16-11-13-17(14-12-16)26-24(28)22-20(15-30-18-7-3-2-4-8-18)19-9-5-6-10-21(19)29-22/h5-6,9-14,18H,2-4,7-8,15H2,1H3,(H,25,27)(H,26,28). The Balaban J connectivity index is 1.54. The Morgan fingerprint density at radius 3 is 2.47 bits per heavy atom. The summed E-state index contributed by atoms with van der Waals surface area (Å²) in [7, 11) is 1.59. The number of nitrogens with one attached hydrogen (secondary N) is 2. The molecule has 1 fully saturated rings. The minimum absolute atomic E-state index is 0.160. The number of rotatable bonds is 6. The normalized spacial score (nSPS) is 14.6. The summed E-state index contributed by atoms with van der Waals surface area (Å²) in [4.78, 5) is 24.7. The Hall–Kier alpha value is -2.73. The minimum Gasteiger partial charge on any atom is -0.451 e. The fraction of sp³-hybridized carbons (Fsp3) is 0.333. The zero-order valence-electron chi connectivity index (χ0n) is 17.1. The molecule has 1 aliphatic rings. The van der Waals surface area contributed by atoms with Gasteiger partial charge in [0, 0.05) is 40.3 Å². The summed E-state index contributed by atoms with van der Waals surface area (Å²) in [6.07, 6.45) is 6.42. The highest BCUT2D eigenvalue weighted by atomic mass is 32.2. The monoisotopic (exact) mass is 422 g/mol. The smallest absolute Gasteiger partial charge is 0.291 e. The van der Waals surface area contributed by atoms with Crippen LogP contribution in [0.3, 0.4) is 0 Å². The van der Waals surface area contributed by atoms with Crippen LogP contribution < -0.4 is 10.6 Å². The highest BCUT2D eigenvalue weighted by Crippen LogP contribution is 2.35. The molecule has 0 unspecified atom stereocenters. The second kappa shape index (κ2) is 9.39. The number of para-hydroxylation sites is 1. The van der Waals surface area contributed by atoms with Gasteiger partial charge in [0.25, 0.3) is 11.8 Å². The topological polar surface area (TPSA) is 71.3 Å². The number of thioether (sulfide) groups is 1. The maximum absolute atomic E-state index is 13.0. The van der Waals surface area contributed by atoms with Crippen LogP contribution in [0.25, 0.3) is 11.0 Å². The van der Waals surface area contributed by atoms with Crippen molar-refractivity contribution in [2.45, 2.75) is 43.1 Å². The van der Waals surface area contributed by atoms with Crippen molar-refractivity contribution in [1.29, 1.82) is 0 Å². The van der Waals surface area contributed by atoms with E-state index in [1.807, 2.05) is 36.0 Å². The highest BCUT2D eigenvalue weighted by molar-refractivity contribution is 7.99. The fourth-order valence-electron chi connectivity index (χ4n) is 3.90. The van der Waals surface area contributed by atoms with Gasteiger partial charge in [-0.2, -0.15) is 11.8 Å². The lowest BCUT2D eigenvalue weighted by Gasteiger charge is -2.20. The zero-order chi connectivity index (χ0) is 20.9. The second-order valence-corrected chi connectivity index (χ2v) is 8.88. The quantitative estimate of drug-likeness (QED) is 0.542. The third kappa shape index (κ3) is 4.54. The summed E-state index contributed by atoms with van der Waals surface area (Å²) in [5.41, 5.74) is 2.86. The molecule has 2 aromatic carbocycles. The number of amides is 2. The van der Waals surface area contributed by atoms with Crippen LogP contribution in [0.4, 0.5) is 5.69 Å². The van der Waals surface area contributed by atoms with Gasteiger partial charge in [-0.15, -0.1) is 0 Å². The van der Waals surface area contributed by atoms with Crippen LogP contribution in [-0.4, -0.2) is 24.1 Å². The third-order valence-electron chi connectivity index (χ3n) is 5.55. The van der Waals surface area contributed by atoms with Crippen molar-refractivity contribution in [3.63, 3.8) is 0 Å². The average molecular weight is 423 g/mol. The molecule has 0 atom stereocenters. The molecule has 0 radical (unpaired) electrons. The van der Waals surface area contributed by atoms with E-state index >= 15 is 0 Å². The maximum atomic E-state index is 13.0. The largest absolute Gasteiger partial charge is 0.451 e. The van der Waals surface area contributed by atoms with Crippen LogP contribution in [-0.2, 0) is 5.75 Å². The van der Waals surface area contributed by atoms with E-state index in [2.05, 4.69) is 10.6 Å². The van der Waals surface area contributed by atoms with E-state index in [9.17, 15) is 9.59 Å². The number of carbonyl (C=O) groups is 2. The molecule has 0 saturated heterocycles. The molecule has 2 N–H and O–H groups in total. The first-order chi connectivity index (χ1) is 14.7. The number of hydrogen-bond donors (Lipinski definition) is 2. The second-order valence-electron chi connectivity index (χ2n) is 7.59. The lowest BCUT2D eigenvalue weighted by molar-refractivity contribution is 0.0962. The van der Waals surface area contributed by atoms with E-state index in [0.29, 0.717) is 22.3 Å². The molecular formula is C24H26N2O3S. The molecule has 5 nitrogen and oxygen atoms in total. The molecule has 1 aromatic heterocycles. The van der Waals surface area contributed by atoms with Crippen molar-refractivity contribution in [3.8, 4) is 0 Å². The summed E-state index contributed by atoms with van der Waals surface area (Å²) in [5.74, 6) is 0.709. The van der Waals surface area contributed by atoms with Gasteiger partial charge in [-0.1, -0.05) is 37.5 Å². The van der Waals surface area contributed by atoms with Crippen LogP contribution in [0.5, 0.6) is 0 Å². The van der Waals surface area contributed by atoms with E-state index < -0.39 is 0 Å². The van der Waals surface area contributed by atoms with E-state index in [1.165, 1.54) is 32.1 Å². The number of benzene rings is 2. The van der Waals surface area contributed by atoms with E-state index in [-0.39, 0.29) is 11.8 Å². The van der Waals surface area contributed by atoms with Gasteiger partial charge in [0.1, 0.15) is 5.58 Å². The summed E-state index contributed by atoms with van der Waals surface area (Å²) in [5, 5.41) is 7.15. The van der Waals surface area contributed by atoms with Gasteiger partial charge in [-0.05, 0) is 43.2 Å². The van der Waals surface area contributed by atoms with Gasteiger partial charge >= 0.3 is 0 Å². The van der Waals surface area contributed by atoms with E-state index in [4.69, 9.17) is 4.42 Å². The van der Waals surface area contributed by atoms with Crippen molar-refractivity contribution in [2.75, 3.05) is 12.4 Å². The molecule has 1 heterocycles. The minimum atomic E-state index is -0.266. The molecule has 0 spiro atoms. The average Bonchev–Trinajstić information content (AvgIpc) is 3.17. The van der Waals surface area contributed by atoms with Crippen LogP contribution >= 0.6 is 11.8 Å². The van der Waals surface area contributed by atoms with Gasteiger partial charge < -0.3 is 15.1 Å². The maximum Gasteiger partial charge on any atom is 0.291 e. The Labute approximate surface area is 180 Å². The van der Waals surface area contributed by atoms with Crippen LogP contribution in [0.2, 0.25) is 0 Å². The number of furan rings is 1. The van der Waals surface area contributed by atoms with Crippen molar-refractivity contribution >= 4 is 40.2 Å². The first kappa shape index (κ1) is 20.5. The van der Waals surface area contributed by atoms with E-state index in [1.54, 1.807) is 31.3 Å². The predicted octanol–water partition coefficient (Wildman–Crippen LogP) is 5.61. The van der Waals surface area contributed by atoms with Gasteiger partial charge in [0.2, 0.25) is 0 Å². The highest BCUT2D eigenvalue weighted by Gasteiger charge is 2.22. The summed E-state index contributed by atoms with van der Waals surface area (Å²) in [6.45, 7) is 0. The molecule has 0 aliphatic heterocycles. The van der Waals surface area contributed by atoms with Gasteiger partial charge in [-0.25, -0.2) is 0 Å². The van der Waals surface area contributed by atoms with Crippen molar-refractivity contribution < 1.29 is 14.0 Å². The summed E-state index contributed by atoms with van der Waals surface area (Å²) in [6, 6.07) is 14.6. The van der Waals surface area contributed by atoms with Gasteiger partial charge in [0.05, 0.1) is 0 Å². The van der Waals surface area contributed by atoms with Crippen molar-refractivity contribution in [3.05, 3.63) is 65.4 Å². The lowest BCUT2D eigenvalue weighted by Crippen LogP contribution is -2.18. The summed E-state index contributed by atoms with van der Waals surface area (Å²) >= 11 is 1.93. The molecule has 0 bridgehead atoms. The Morgan fingerprint density at radius 2 is 1.73 bits per heavy atom. The number of carbonyl (C=O) groups excluding carboxylic acids is 2. The molecule has 156 valence electrons.